The summed E-state index contributed by atoms with van der Waals surface area (Å²) in [7, 11) is 0. The zero-order chi connectivity index (χ0) is 46.5. The molecule has 0 fully saturated rings. The van der Waals surface area contributed by atoms with Crippen molar-refractivity contribution >= 4 is 17.9 Å². The molecule has 6 nitrogen and oxygen atoms in total. The summed E-state index contributed by atoms with van der Waals surface area (Å²) in [6.45, 7) is 6.66. The highest BCUT2D eigenvalue weighted by atomic mass is 16.6. The van der Waals surface area contributed by atoms with E-state index in [1.807, 2.05) is 0 Å². The van der Waals surface area contributed by atoms with E-state index in [4.69, 9.17) is 14.2 Å². The number of rotatable bonds is 52. The Morgan fingerprint density at radius 1 is 0.297 bits per heavy atom. The van der Waals surface area contributed by atoms with E-state index in [0.29, 0.717) is 19.3 Å². The van der Waals surface area contributed by atoms with E-state index in [2.05, 4.69) is 45.1 Å². The van der Waals surface area contributed by atoms with Gasteiger partial charge in [-0.25, -0.2) is 0 Å². The van der Waals surface area contributed by atoms with Crippen molar-refractivity contribution in [2.75, 3.05) is 13.2 Å². The minimum atomic E-state index is -0.771. The van der Waals surface area contributed by atoms with Crippen LogP contribution >= 0.6 is 0 Å². The van der Waals surface area contributed by atoms with Crippen LogP contribution in [0.4, 0.5) is 0 Å². The monoisotopic (exact) mass is 901 g/mol. The summed E-state index contributed by atoms with van der Waals surface area (Å²) in [6.07, 6.45) is 61.6. The van der Waals surface area contributed by atoms with Crippen LogP contribution in [0.1, 0.15) is 310 Å². The first kappa shape index (κ1) is 61.9. The lowest BCUT2D eigenvalue weighted by Gasteiger charge is -2.18. The molecule has 1 unspecified atom stereocenters. The number of carbonyl (C=O) groups is 3. The molecule has 0 aliphatic heterocycles. The van der Waals surface area contributed by atoms with E-state index >= 15 is 0 Å². The number of hydrogen-bond donors (Lipinski definition) is 0. The summed E-state index contributed by atoms with van der Waals surface area (Å²) < 4.78 is 16.9. The smallest absolute Gasteiger partial charge is 0.306 e. The third-order valence-electron chi connectivity index (χ3n) is 12.7. The van der Waals surface area contributed by atoms with Gasteiger partial charge in [0.25, 0.3) is 0 Å². The third kappa shape index (κ3) is 50.9. The molecule has 0 spiro atoms. The summed E-state index contributed by atoms with van der Waals surface area (Å²) in [5.41, 5.74) is 0. The molecular weight excluding hydrogens is 793 g/mol. The van der Waals surface area contributed by atoms with Crippen molar-refractivity contribution in [3.8, 4) is 0 Å². The van der Waals surface area contributed by atoms with Gasteiger partial charge >= 0.3 is 17.9 Å². The van der Waals surface area contributed by atoms with E-state index in [1.165, 1.54) is 212 Å². The van der Waals surface area contributed by atoms with Gasteiger partial charge in [0.2, 0.25) is 0 Å². The molecule has 0 saturated heterocycles. The lowest BCUT2D eigenvalue weighted by molar-refractivity contribution is -0.167. The Hall–Kier alpha value is -2.11. The standard InChI is InChI=1S/C58H108O6/c1-4-7-10-13-16-19-22-25-27-29-31-33-36-39-42-45-48-51-57(60)63-54-55(53-62-56(59)50-47-44-41-38-35-24-21-18-15-12-9-6-3)64-58(61)52-49-46-43-40-37-34-32-30-28-26-23-20-17-14-11-8-5-2/h25-28,55H,4-24,29-54H2,1-3H3/b27-25-,28-26-. The summed E-state index contributed by atoms with van der Waals surface area (Å²) in [4.78, 5) is 38.1. The van der Waals surface area contributed by atoms with Gasteiger partial charge in [-0.2, -0.15) is 0 Å². The average molecular weight is 901 g/mol. The maximum absolute atomic E-state index is 12.8. The summed E-state index contributed by atoms with van der Waals surface area (Å²) in [5, 5.41) is 0. The van der Waals surface area contributed by atoms with Gasteiger partial charge in [0.1, 0.15) is 13.2 Å². The number of unbranched alkanes of at least 4 members (excludes halogenated alkanes) is 37. The van der Waals surface area contributed by atoms with Crippen LogP contribution in [-0.4, -0.2) is 37.2 Å². The average Bonchev–Trinajstić information content (AvgIpc) is 3.29. The van der Waals surface area contributed by atoms with Crippen LogP contribution in [0.3, 0.4) is 0 Å². The maximum atomic E-state index is 12.8. The molecule has 0 aliphatic rings. The Labute approximate surface area is 398 Å². The molecular formula is C58H108O6. The Morgan fingerprint density at radius 2 is 0.516 bits per heavy atom. The molecule has 0 aromatic carbocycles. The zero-order valence-corrected chi connectivity index (χ0v) is 43.1. The molecule has 0 saturated carbocycles. The molecule has 64 heavy (non-hydrogen) atoms. The van der Waals surface area contributed by atoms with E-state index in [9.17, 15) is 14.4 Å². The van der Waals surface area contributed by atoms with Crippen LogP contribution in [0.15, 0.2) is 24.3 Å². The van der Waals surface area contributed by atoms with Crippen LogP contribution in [0.5, 0.6) is 0 Å². The van der Waals surface area contributed by atoms with Crippen LogP contribution in [0.25, 0.3) is 0 Å². The second-order valence-electron chi connectivity index (χ2n) is 19.2. The number of ether oxygens (including phenoxy) is 3. The Balaban J connectivity index is 4.33. The SMILES string of the molecule is CCCCCCCC/C=C\CCCCCCCCCC(=O)OCC(COC(=O)CCCCCCCCCCCCCC)OC(=O)CCCCCCCCC/C=C\CCCCCCCC. The van der Waals surface area contributed by atoms with Crippen molar-refractivity contribution in [1.29, 1.82) is 0 Å². The second-order valence-corrected chi connectivity index (χ2v) is 19.2. The lowest BCUT2D eigenvalue weighted by atomic mass is 10.0. The van der Waals surface area contributed by atoms with Crippen molar-refractivity contribution in [2.24, 2.45) is 0 Å². The topological polar surface area (TPSA) is 78.9 Å². The van der Waals surface area contributed by atoms with Gasteiger partial charge in [0, 0.05) is 19.3 Å². The highest BCUT2D eigenvalue weighted by Crippen LogP contribution is 2.16. The van der Waals surface area contributed by atoms with Crippen LogP contribution < -0.4 is 0 Å². The first-order valence-corrected chi connectivity index (χ1v) is 28.3. The highest BCUT2D eigenvalue weighted by molar-refractivity contribution is 5.71. The van der Waals surface area contributed by atoms with Crippen molar-refractivity contribution in [3.63, 3.8) is 0 Å². The molecule has 1 atom stereocenters. The van der Waals surface area contributed by atoms with Crippen LogP contribution in [0.2, 0.25) is 0 Å². The quantitative estimate of drug-likeness (QED) is 0.0262. The molecule has 0 aromatic rings. The normalized spacial score (nSPS) is 12.1. The Morgan fingerprint density at radius 3 is 0.781 bits per heavy atom. The number of hydrogen-bond acceptors (Lipinski definition) is 6. The Kier molecular flexibility index (Phi) is 51.7. The first-order valence-electron chi connectivity index (χ1n) is 28.3. The molecule has 0 aliphatic carbocycles. The molecule has 0 rings (SSSR count). The molecule has 0 heterocycles. The van der Waals surface area contributed by atoms with E-state index < -0.39 is 6.10 Å². The van der Waals surface area contributed by atoms with Gasteiger partial charge < -0.3 is 14.2 Å². The molecule has 0 N–H and O–H groups in total. The minimum absolute atomic E-state index is 0.0702. The lowest BCUT2D eigenvalue weighted by Crippen LogP contribution is -2.30. The Bertz CT molecular complexity index is 1040. The fraction of sp³-hybridized carbons (Fsp3) is 0.879. The van der Waals surface area contributed by atoms with Crippen molar-refractivity contribution in [2.45, 2.75) is 316 Å². The number of carbonyl (C=O) groups excluding carboxylic acids is 3. The summed E-state index contributed by atoms with van der Waals surface area (Å²) in [6, 6.07) is 0. The van der Waals surface area contributed by atoms with Gasteiger partial charge in [-0.1, -0.05) is 244 Å². The molecule has 0 radical (unpaired) electrons. The molecule has 0 bridgehead atoms. The third-order valence-corrected chi connectivity index (χ3v) is 12.7. The van der Waals surface area contributed by atoms with Gasteiger partial charge in [-0.15, -0.1) is 0 Å². The van der Waals surface area contributed by atoms with Gasteiger partial charge in [-0.05, 0) is 70.6 Å². The van der Waals surface area contributed by atoms with Gasteiger partial charge in [-0.3, -0.25) is 14.4 Å². The fourth-order valence-corrected chi connectivity index (χ4v) is 8.37. The molecule has 376 valence electrons. The predicted octanol–water partition coefficient (Wildman–Crippen LogP) is 18.7. The van der Waals surface area contributed by atoms with E-state index in [-0.39, 0.29) is 31.1 Å². The number of esters is 3. The van der Waals surface area contributed by atoms with Crippen LogP contribution in [-0.2, 0) is 28.6 Å². The molecule has 6 heteroatoms. The summed E-state index contributed by atoms with van der Waals surface area (Å²) >= 11 is 0. The fourth-order valence-electron chi connectivity index (χ4n) is 8.37. The number of allylic oxidation sites excluding steroid dienone is 4. The van der Waals surface area contributed by atoms with Gasteiger partial charge in [0.15, 0.2) is 6.10 Å². The van der Waals surface area contributed by atoms with Crippen molar-refractivity contribution < 1.29 is 28.6 Å². The zero-order valence-electron chi connectivity index (χ0n) is 43.1. The predicted molar refractivity (Wildman–Crippen MR) is 275 cm³/mol. The van der Waals surface area contributed by atoms with E-state index in [1.54, 1.807) is 0 Å². The second kappa shape index (κ2) is 53.5. The van der Waals surface area contributed by atoms with Crippen LogP contribution in [0, 0.1) is 0 Å². The molecule has 0 aromatic heterocycles. The first-order chi connectivity index (χ1) is 31.5. The summed E-state index contributed by atoms with van der Waals surface area (Å²) in [5.74, 6) is -0.862. The van der Waals surface area contributed by atoms with Crippen molar-refractivity contribution in [3.05, 3.63) is 24.3 Å². The minimum Gasteiger partial charge on any atom is -0.462 e. The maximum Gasteiger partial charge on any atom is 0.306 e. The van der Waals surface area contributed by atoms with E-state index in [0.717, 1.165) is 57.8 Å². The highest BCUT2D eigenvalue weighted by Gasteiger charge is 2.19. The largest absolute Gasteiger partial charge is 0.462 e. The molecule has 0 amide bonds. The van der Waals surface area contributed by atoms with Crippen molar-refractivity contribution in [1.82, 2.24) is 0 Å². The van der Waals surface area contributed by atoms with Gasteiger partial charge in [0.05, 0.1) is 0 Å².